The van der Waals surface area contributed by atoms with E-state index in [1.54, 1.807) is 13.2 Å². The van der Waals surface area contributed by atoms with Gasteiger partial charge in [-0.05, 0) is 37.9 Å². The summed E-state index contributed by atoms with van der Waals surface area (Å²) in [7, 11) is 1.68. The lowest BCUT2D eigenvalue weighted by atomic mass is 9.98. The van der Waals surface area contributed by atoms with E-state index in [9.17, 15) is 9.59 Å². The zero-order chi connectivity index (χ0) is 13.1. The molecule has 5 heteroatoms. The minimum Gasteiger partial charge on any atom is -0.321 e. The van der Waals surface area contributed by atoms with Crippen molar-refractivity contribution in [2.24, 2.45) is 13.0 Å². The molecule has 0 aliphatic carbocycles. The summed E-state index contributed by atoms with van der Waals surface area (Å²) in [5.74, 6) is -0.100. The number of rotatable bonds is 2. The highest BCUT2D eigenvalue weighted by Crippen LogP contribution is 2.14. The minimum absolute atomic E-state index is 0.0388. The first-order valence-electron chi connectivity index (χ1n) is 6.27. The predicted octanol–water partition coefficient (Wildman–Crippen LogP) is 0.632. The van der Waals surface area contributed by atoms with Crippen molar-refractivity contribution in [2.75, 3.05) is 18.4 Å². The van der Waals surface area contributed by atoms with Crippen molar-refractivity contribution in [1.82, 2.24) is 9.88 Å². The van der Waals surface area contributed by atoms with E-state index in [1.807, 2.05) is 13.0 Å². The summed E-state index contributed by atoms with van der Waals surface area (Å²) in [6.45, 7) is 3.49. The van der Waals surface area contributed by atoms with Crippen LogP contribution >= 0.6 is 0 Å². The summed E-state index contributed by atoms with van der Waals surface area (Å²) < 4.78 is 1.47. The Morgan fingerprint density at radius 1 is 1.56 bits per heavy atom. The Morgan fingerprint density at radius 2 is 2.33 bits per heavy atom. The molecular formula is C13H19N3O2. The summed E-state index contributed by atoms with van der Waals surface area (Å²) in [6.07, 6.45) is 3.59. The van der Waals surface area contributed by atoms with E-state index < -0.39 is 0 Å². The maximum atomic E-state index is 12.1. The van der Waals surface area contributed by atoms with Crippen LogP contribution in [0.2, 0.25) is 0 Å². The van der Waals surface area contributed by atoms with Gasteiger partial charge in [0.1, 0.15) is 5.69 Å². The van der Waals surface area contributed by atoms with Crippen molar-refractivity contribution >= 4 is 11.6 Å². The zero-order valence-electron chi connectivity index (χ0n) is 10.8. The number of hydrogen-bond donors (Lipinski definition) is 2. The van der Waals surface area contributed by atoms with Crippen LogP contribution in [-0.4, -0.2) is 23.6 Å². The monoisotopic (exact) mass is 249 g/mol. The van der Waals surface area contributed by atoms with E-state index in [-0.39, 0.29) is 17.4 Å². The summed E-state index contributed by atoms with van der Waals surface area (Å²) >= 11 is 0. The van der Waals surface area contributed by atoms with E-state index in [4.69, 9.17) is 0 Å². The molecule has 2 heterocycles. The van der Waals surface area contributed by atoms with Crippen LogP contribution in [-0.2, 0) is 11.8 Å². The van der Waals surface area contributed by atoms with Crippen molar-refractivity contribution in [1.29, 1.82) is 0 Å². The number of nitrogens with one attached hydrogen (secondary N) is 2. The normalized spacial score (nSPS) is 19.6. The minimum atomic E-state index is -0.160. The third kappa shape index (κ3) is 2.61. The van der Waals surface area contributed by atoms with Crippen molar-refractivity contribution < 1.29 is 4.79 Å². The molecule has 0 saturated carbocycles. The molecule has 5 nitrogen and oxygen atoms in total. The predicted molar refractivity (Wildman–Crippen MR) is 70.6 cm³/mol. The van der Waals surface area contributed by atoms with Crippen LogP contribution < -0.4 is 16.2 Å². The molecule has 0 aromatic carbocycles. The molecule has 2 rings (SSSR count). The number of carbonyl (C=O) groups is 1. The number of aromatic nitrogens is 1. The number of hydrogen-bond acceptors (Lipinski definition) is 3. The lowest BCUT2D eigenvalue weighted by molar-refractivity contribution is -0.120. The molecule has 1 unspecified atom stereocenters. The molecule has 0 radical (unpaired) electrons. The molecular weight excluding hydrogens is 230 g/mol. The van der Waals surface area contributed by atoms with Gasteiger partial charge in [0.15, 0.2) is 0 Å². The smallest absolute Gasteiger partial charge is 0.274 e. The van der Waals surface area contributed by atoms with Crippen LogP contribution in [0.25, 0.3) is 0 Å². The molecule has 1 fully saturated rings. The molecule has 1 aromatic heterocycles. The largest absolute Gasteiger partial charge is 0.321 e. The van der Waals surface area contributed by atoms with Gasteiger partial charge in [-0.1, -0.05) is 0 Å². The quantitative estimate of drug-likeness (QED) is 0.808. The number of pyridine rings is 1. The van der Waals surface area contributed by atoms with Crippen molar-refractivity contribution in [3.05, 3.63) is 28.2 Å². The topological polar surface area (TPSA) is 63.1 Å². The highest BCUT2D eigenvalue weighted by Gasteiger charge is 2.22. The first-order valence-corrected chi connectivity index (χ1v) is 6.27. The van der Waals surface area contributed by atoms with Gasteiger partial charge in [-0.2, -0.15) is 0 Å². The van der Waals surface area contributed by atoms with Gasteiger partial charge in [-0.15, -0.1) is 0 Å². The van der Waals surface area contributed by atoms with Gasteiger partial charge >= 0.3 is 0 Å². The molecule has 18 heavy (non-hydrogen) atoms. The Labute approximate surface area is 106 Å². The van der Waals surface area contributed by atoms with Crippen LogP contribution in [0.15, 0.2) is 17.1 Å². The second-order valence-electron chi connectivity index (χ2n) is 4.82. The van der Waals surface area contributed by atoms with E-state index in [0.29, 0.717) is 12.2 Å². The van der Waals surface area contributed by atoms with Gasteiger partial charge < -0.3 is 15.2 Å². The van der Waals surface area contributed by atoms with Gasteiger partial charge in [-0.25, -0.2) is 0 Å². The van der Waals surface area contributed by atoms with Crippen molar-refractivity contribution in [3.8, 4) is 0 Å². The van der Waals surface area contributed by atoms with E-state index in [0.717, 1.165) is 24.9 Å². The van der Waals surface area contributed by atoms with Gasteiger partial charge in [0.2, 0.25) is 5.91 Å². The lowest BCUT2D eigenvalue weighted by Gasteiger charge is -2.22. The molecule has 1 amide bonds. The summed E-state index contributed by atoms with van der Waals surface area (Å²) in [4.78, 5) is 24.0. The average Bonchev–Trinajstić information content (AvgIpc) is 2.40. The lowest BCUT2D eigenvalue weighted by Crippen LogP contribution is -2.38. The maximum Gasteiger partial charge on any atom is 0.274 e. The Bertz CT molecular complexity index is 501. The SMILES string of the molecule is Cc1ccn(C)c(=O)c1NC(=O)C1CCCNC1. The van der Waals surface area contributed by atoms with Crippen LogP contribution in [0, 0.1) is 12.8 Å². The Balaban J connectivity index is 2.16. The summed E-state index contributed by atoms with van der Waals surface area (Å²) in [5.41, 5.74) is 1.04. The third-order valence-electron chi connectivity index (χ3n) is 3.39. The van der Waals surface area contributed by atoms with Crippen LogP contribution in [0.3, 0.4) is 0 Å². The molecule has 1 aliphatic heterocycles. The number of nitrogens with zero attached hydrogens (tertiary/aromatic N) is 1. The number of anilines is 1. The second-order valence-corrected chi connectivity index (χ2v) is 4.82. The Hall–Kier alpha value is -1.62. The van der Waals surface area contributed by atoms with Crippen LogP contribution in [0.5, 0.6) is 0 Å². The van der Waals surface area contributed by atoms with Crippen LogP contribution in [0.1, 0.15) is 18.4 Å². The van der Waals surface area contributed by atoms with Crippen molar-refractivity contribution in [2.45, 2.75) is 19.8 Å². The first-order chi connectivity index (χ1) is 8.59. The van der Waals surface area contributed by atoms with Gasteiger partial charge in [-0.3, -0.25) is 9.59 Å². The molecule has 1 atom stereocenters. The van der Waals surface area contributed by atoms with Crippen molar-refractivity contribution in [3.63, 3.8) is 0 Å². The van der Waals surface area contributed by atoms with Gasteiger partial charge in [0.05, 0.1) is 5.92 Å². The number of amides is 1. The fraction of sp³-hybridized carbons (Fsp3) is 0.538. The highest BCUT2D eigenvalue weighted by atomic mass is 16.2. The Morgan fingerprint density at radius 3 is 3.00 bits per heavy atom. The van der Waals surface area contributed by atoms with Gasteiger partial charge in [0, 0.05) is 19.8 Å². The first kappa shape index (κ1) is 12.8. The average molecular weight is 249 g/mol. The molecule has 0 bridgehead atoms. The fourth-order valence-corrected chi connectivity index (χ4v) is 2.17. The maximum absolute atomic E-state index is 12.1. The number of carbonyl (C=O) groups excluding carboxylic acids is 1. The molecule has 2 N–H and O–H groups in total. The molecule has 1 aliphatic rings. The van der Waals surface area contributed by atoms with E-state index in [2.05, 4.69) is 10.6 Å². The number of aryl methyl sites for hydroxylation is 2. The molecule has 98 valence electrons. The summed E-state index contributed by atoms with van der Waals surface area (Å²) in [6, 6.07) is 1.83. The van der Waals surface area contributed by atoms with Gasteiger partial charge in [0.25, 0.3) is 5.56 Å². The second kappa shape index (κ2) is 5.35. The van der Waals surface area contributed by atoms with Crippen LogP contribution in [0.4, 0.5) is 5.69 Å². The Kier molecular flexibility index (Phi) is 3.81. The molecule has 1 saturated heterocycles. The van der Waals surface area contributed by atoms with E-state index in [1.165, 1.54) is 4.57 Å². The van der Waals surface area contributed by atoms with E-state index >= 15 is 0 Å². The third-order valence-corrected chi connectivity index (χ3v) is 3.39. The standard InChI is InChI=1S/C13H19N3O2/c1-9-5-7-16(2)13(18)11(9)15-12(17)10-4-3-6-14-8-10/h5,7,10,14H,3-4,6,8H2,1-2H3,(H,15,17). The molecule has 1 aromatic rings. The zero-order valence-corrected chi connectivity index (χ0v) is 10.8. The highest BCUT2D eigenvalue weighted by molar-refractivity contribution is 5.93. The fourth-order valence-electron chi connectivity index (χ4n) is 2.17. The molecule has 0 spiro atoms. The summed E-state index contributed by atoms with van der Waals surface area (Å²) in [5, 5.41) is 5.97. The number of piperidine rings is 1.